The molecule has 1 heterocycles. The lowest BCUT2D eigenvalue weighted by molar-refractivity contribution is 0.257. The highest BCUT2D eigenvalue weighted by Crippen LogP contribution is 2.21. The van der Waals surface area contributed by atoms with Gasteiger partial charge in [-0.25, -0.2) is 0 Å². The summed E-state index contributed by atoms with van der Waals surface area (Å²) in [5, 5.41) is 0. The number of benzene rings is 1. The maximum absolute atomic E-state index is 5.72. The van der Waals surface area contributed by atoms with Crippen LogP contribution in [0, 0.1) is 5.92 Å². The first kappa shape index (κ1) is 14.2. The van der Waals surface area contributed by atoms with E-state index in [2.05, 4.69) is 11.8 Å². The summed E-state index contributed by atoms with van der Waals surface area (Å²) in [7, 11) is 0. The second-order valence-electron chi connectivity index (χ2n) is 5.52. The van der Waals surface area contributed by atoms with E-state index in [1.54, 1.807) is 0 Å². The zero-order valence-electron chi connectivity index (χ0n) is 12.0. The normalized spacial score (nSPS) is 19.7. The molecule has 106 valence electrons. The fourth-order valence-electron chi connectivity index (χ4n) is 2.84. The van der Waals surface area contributed by atoms with Gasteiger partial charge in [0.15, 0.2) is 0 Å². The fraction of sp³-hybridized carbons (Fsp3) is 0.625. The van der Waals surface area contributed by atoms with E-state index in [0.717, 1.165) is 36.9 Å². The van der Waals surface area contributed by atoms with Gasteiger partial charge in [0.25, 0.3) is 0 Å². The molecule has 1 saturated heterocycles. The van der Waals surface area contributed by atoms with Crippen LogP contribution in [-0.4, -0.2) is 31.1 Å². The topological polar surface area (TPSA) is 38.5 Å². The van der Waals surface area contributed by atoms with Gasteiger partial charge in [-0.15, -0.1) is 0 Å². The molecule has 0 amide bonds. The molecule has 0 aliphatic carbocycles. The van der Waals surface area contributed by atoms with E-state index in [-0.39, 0.29) is 0 Å². The third-order valence-electron chi connectivity index (χ3n) is 3.81. The number of hydrogen-bond donors (Lipinski definition) is 1. The lowest BCUT2D eigenvalue weighted by Gasteiger charge is -2.16. The van der Waals surface area contributed by atoms with Gasteiger partial charge in [0.05, 0.1) is 6.61 Å². The van der Waals surface area contributed by atoms with Crippen LogP contribution < -0.4 is 10.5 Å². The smallest absolute Gasteiger partial charge is 0.121 e. The minimum atomic E-state index is 0.763. The van der Waals surface area contributed by atoms with Gasteiger partial charge in [-0.2, -0.15) is 0 Å². The van der Waals surface area contributed by atoms with Gasteiger partial charge in [-0.1, -0.05) is 19.4 Å². The van der Waals surface area contributed by atoms with Crippen molar-refractivity contribution in [2.45, 2.75) is 32.6 Å². The van der Waals surface area contributed by atoms with Crippen molar-refractivity contribution in [2.24, 2.45) is 5.92 Å². The second-order valence-corrected chi connectivity index (χ2v) is 5.52. The Labute approximate surface area is 116 Å². The number of nitrogens with two attached hydrogens (primary N) is 1. The van der Waals surface area contributed by atoms with Crippen molar-refractivity contribution in [1.82, 2.24) is 4.90 Å². The quantitative estimate of drug-likeness (QED) is 0.606. The number of likely N-dealkylation sites (tertiary alicyclic amines) is 1. The van der Waals surface area contributed by atoms with Crippen LogP contribution >= 0.6 is 0 Å². The van der Waals surface area contributed by atoms with Gasteiger partial charge in [0, 0.05) is 24.8 Å². The molecule has 1 aromatic carbocycles. The van der Waals surface area contributed by atoms with Crippen LogP contribution in [0.3, 0.4) is 0 Å². The predicted octanol–water partition coefficient (Wildman–Crippen LogP) is 3.16. The average Bonchev–Trinajstić information content (AvgIpc) is 2.83. The Morgan fingerprint density at radius 1 is 1.42 bits per heavy atom. The molecule has 1 aliphatic heterocycles. The monoisotopic (exact) mass is 262 g/mol. The van der Waals surface area contributed by atoms with Crippen LogP contribution in [0.1, 0.15) is 32.6 Å². The molecule has 0 aromatic heterocycles. The molecule has 0 spiro atoms. The lowest BCUT2D eigenvalue weighted by Crippen LogP contribution is -2.23. The summed E-state index contributed by atoms with van der Waals surface area (Å²) in [6.45, 7) is 6.76. The molecule has 2 N–H and O–H groups in total. The third kappa shape index (κ3) is 4.75. The Kier molecular flexibility index (Phi) is 5.52. The minimum absolute atomic E-state index is 0.763. The first-order chi connectivity index (χ1) is 9.28. The highest BCUT2D eigenvalue weighted by Gasteiger charge is 2.20. The maximum atomic E-state index is 5.72. The molecular weight excluding hydrogens is 236 g/mol. The van der Waals surface area contributed by atoms with Gasteiger partial charge < -0.3 is 15.4 Å². The standard InChI is InChI=1S/C16H26N2O/c1-2-5-14-8-10-18(13-14)9-4-11-19-16-7-3-6-15(17)12-16/h3,6-7,12,14H,2,4-5,8-11,13,17H2,1H3. The summed E-state index contributed by atoms with van der Waals surface area (Å²) in [5.74, 6) is 1.81. The highest BCUT2D eigenvalue weighted by molar-refractivity contribution is 5.43. The van der Waals surface area contributed by atoms with E-state index < -0.39 is 0 Å². The summed E-state index contributed by atoms with van der Waals surface area (Å²) in [5.41, 5.74) is 6.48. The second kappa shape index (κ2) is 7.39. The number of nitrogen functional groups attached to an aromatic ring is 1. The summed E-state index contributed by atoms with van der Waals surface area (Å²) >= 11 is 0. The highest BCUT2D eigenvalue weighted by atomic mass is 16.5. The Balaban J connectivity index is 1.60. The Morgan fingerprint density at radius 3 is 3.11 bits per heavy atom. The van der Waals surface area contributed by atoms with Crippen LogP contribution in [0.5, 0.6) is 5.75 Å². The summed E-state index contributed by atoms with van der Waals surface area (Å²) in [4.78, 5) is 2.57. The largest absolute Gasteiger partial charge is 0.493 e. The summed E-state index contributed by atoms with van der Waals surface area (Å²) in [6, 6.07) is 7.65. The SMILES string of the molecule is CCCC1CCN(CCCOc2cccc(N)c2)C1. The van der Waals surface area contributed by atoms with E-state index >= 15 is 0 Å². The molecule has 1 atom stereocenters. The van der Waals surface area contributed by atoms with Crippen molar-refractivity contribution in [3.63, 3.8) is 0 Å². The van der Waals surface area contributed by atoms with Crippen LogP contribution in [0.2, 0.25) is 0 Å². The first-order valence-electron chi connectivity index (χ1n) is 7.48. The van der Waals surface area contributed by atoms with E-state index in [4.69, 9.17) is 10.5 Å². The Hall–Kier alpha value is -1.22. The molecule has 1 unspecified atom stereocenters. The van der Waals surface area contributed by atoms with Crippen LogP contribution in [0.4, 0.5) is 5.69 Å². The van der Waals surface area contributed by atoms with Gasteiger partial charge in [-0.3, -0.25) is 0 Å². The van der Waals surface area contributed by atoms with Gasteiger partial charge >= 0.3 is 0 Å². The van der Waals surface area contributed by atoms with E-state index in [1.165, 1.54) is 32.4 Å². The molecule has 1 aliphatic rings. The molecule has 3 nitrogen and oxygen atoms in total. The lowest BCUT2D eigenvalue weighted by atomic mass is 10.0. The van der Waals surface area contributed by atoms with Crippen molar-refractivity contribution >= 4 is 5.69 Å². The van der Waals surface area contributed by atoms with Gasteiger partial charge in [0.2, 0.25) is 0 Å². The predicted molar refractivity (Wildman–Crippen MR) is 80.4 cm³/mol. The van der Waals surface area contributed by atoms with Crippen molar-refractivity contribution in [3.05, 3.63) is 24.3 Å². The molecule has 2 rings (SSSR count). The van der Waals surface area contributed by atoms with E-state index in [0.29, 0.717) is 0 Å². The molecule has 0 radical (unpaired) electrons. The number of nitrogens with zero attached hydrogens (tertiary/aromatic N) is 1. The minimum Gasteiger partial charge on any atom is -0.493 e. The van der Waals surface area contributed by atoms with Gasteiger partial charge in [0.1, 0.15) is 5.75 Å². The maximum Gasteiger partial charge on any atom is 0.121 e. The van der Waals surface area contributed by atoms with E-state index in [1.807, 2.05) is 24.3 Å². The molecule has 1 fully saturated rings. The van der Waals surface area contributed by atoms with Gasteiger partial charge in [-0.05, 0) is 43.9 Å². The number of ether oxygens (including phenoxy) is 1. The number of anilines is 1. The fourth-order valence-corrected chi connectivity index (χ4v) is 2.84. The number of hydrogen-bond acceptors (Lipinski definition) is 3. The van der Waals surface area contributed by atoms with Crippen molar-refractivity contribution in [3.8, 4) is 5.75 Å². The average molecular weight is 262 g/mol. The molecule has 0 saturated carbocycles. The molecule has 3 heteroatoms. The molecule has 0 bridgehead atoms. The zero-order chi connectivity index (χ0) is 13.5. The third-order valence-corrected chi connectivity index (χ3v) is 3.81. The molecule has 1 aromatic rings. The zero-order valence-corrected chi connectivity index (χ0v) is 12.0. The molecule has 19 heavy (non-hydrogen) atoms. The Bertz CT molecular complexity index is 381. The summed E-state index contributed by atoms with van der Waals surface area (Å²) < 4.78 is 5.71. The first-order valence-corrected chi connectivity index (χ1v) is 7.48. The summed E-state index contributed by atoms with van der Waals surface area (Å²) in [6.07, 6.45) is 5.17. The van der Waals surface area contributed by atoms with Crippen molar-refractivity contribution in [1.29, 1.82) is 0 Å². The van der Waals surface area contributed by atoms with E-state index in [9.17, 15) is 0 Å². The molecular formula is C16H26N2O. The van der Waals surface area contributed by atoms with Crippen LogP contribution in [0.15, 0.2) is 24.3 Å². The van der Waals surface area contributed by atoms with Crippen LogP contribution in [0.25, 0.3) is 0 Å². The van der Waals surface area contributed by atoms with Crippen LogP contribution in [-0.2, 0) is 0 Å². The van der Waals surface area contributed by atoms with Crippen molar-refractivity contribution < 1.29 is 4.74 Å². The van der Waals surface area contributed by atoms with Crippen molar-refractivity contribution in [2.75, 3.05) is 32.0 Å². The number of rotatable bonds is 7. The Morgan fingerprint density at radius 2 is 2.32 bits per heavy atom.